The average molecular weight is 334 g/mol. The van der Waals surface area contributed by atoms with Gasteiger partial charge in [-0.05, 0) is 11.1 Å². The van der Waals surface area contributed by atoms with Crippen LogP contribution < -0.4 is 0 Å². The van der Waals surface area contributed by atoms with Crippen LogP contribution in [0.2, 0.25) is 0 Å². The molecule has 0 spiro atoms. The molecule has 2 aromatic rings. The summed E-state index contributed by atoms with van der Waals surface area (Å²) in [7, 11) is 0. The van der Waals surface area contributed by atoms with E-state index >= 15 is 0 Å². The van der Waals surface area contributed by atoms with Gasteiger partial charge in [0, 0.05) is 13.8 Å². The number of carbonyl (C=O) groups is 2. The van der Waals surface area contributed by atoms with Crippen LogP contribution in [0.5, 0.6) is 0 Å². The summed E-state index contributed by atoms with van der Waals surface area (Å²) in [5.74, 6) is -1.67. The van der Waals surface area contributed by atoms with Crippen LogP contribution in [-0.4, -0.2) is 32.4 Å². The van der Waals surface area contributed by atoms with E-state index in [0.29, 0.717) is 0 Å². The molecule has 0 saturated carbocycles. The molecule has 0 aliphatic heterocycles. The van der Waals surface area contributed by atoms with E-state index in [1.165, 1.54) is 0 Å². The minimum Gasteiger partial charge on any atom is -0.481 e. The van der Waals surface area contributed by atoms with Gasteiger partial charge in [-0.25, -0.2) is 0 Å². The van der Waals surface area contributed by atoms with Crippen LogP contribution in [0.3, 0.4) is 0 Å². The first-order chi connectivity index (χ1) is 11.3. The number of benzene rings is 2. The quantitative estimate of drug-likeness (QED) is 0.686. The zero-order valence-corrected chi connectivity index (χ0v) is 13.5. The Hall–Kier alpha value is -2.70. The van der Waals surface area contributed by atoms with Crippen molar-refractivity contribution in [1.82, 2.24) is 0 Å². The molecule has 130 valence electrons. The van der Waals surface area contributed by atoms with Crippen molar-refractivity contribution in [3.63, 3.8) is 0 Å². The fraction of sp³-hybridized carbons (Fsp3) is 0.222. The molecular weight excluding hydrogens is 312 g/mol. The summed E-state index contributed by atoms with van der Waals surface area (Å²) in [5.41, 5.74) is 1.44. The van der Waals surface area contributed by atoms with E-state index in [4.69, 9.17) is 19.8 Å². The number of carboxylic acid groups (broad SMARTS) is 2. The van der Waals surface area contributed by atoms with Crippen molar-refractivity contribution in [2.75, 3.05) is 0 Å². The van der Waals surface area contributed by atoms with Gasteiger partial charge < -0.3 is 20.4 Å². The average Bonchev–Trinajstić information content (AvgIpc) is 2.54. The van der Waals surface area contributed by atoms with Crippen molar-refractivity contribution in [2.45, 2.75) is 26.1 Å². The standard InChI is InChI=1S/C14H14O2.2C2H4O2/c15-13(11-7-3-1-4-8-11)14(16)12-9-5-2-6-10-12;2*1-2(3)4/h1-10,13-16H;2*1H3,(H,3,4). The Balaban J connectivity index is 0.000000558. The van der Waals surface area contributed by atoms with Crippen LogP contribution in [-0.2, 0) is 9.59 Å². The molecule has 0 aromatic heterocycles. The zero-order chi connectivity index (χ0) is 18.5. The highest BCUT2D eigenvalue weighted by molar-refractivity contribution is 5.63. The molecule has 2 unspecified atom stereocenters. The van der Waals surface area contributed by atoms with Crippen molar-refractivity contribution >= 4 is 11.9 Å². The molecule has 0 saturated heterocycles. The van der Waals surface area contributed by atoms with Crippen molar-refractivity contribution in [3.05, 3.63) is 71.8 Å². The molecule has 0 heterocycles. The summed E-state index contributed by atoms with van der Waals surface area (Å²) in [6.07, 6.45) is -1.77. The Morgan fingerprint density at radius 1 is 0.667 bits per heavy atom. The molecule has 0 amide bonds. The van der Waals surface area contributed by atoms with Crippen LogP contribution in [0, 0.1) is 0 Å². The summed E-state index contributed by atoms with van der Waals surface area (Å²) in [6, 6.07) is 18.3. The van der Waals surface area contributed by atoms with Gasteiger partial charge >= 0.3 is 0 Å². The largest absolute Gasteiger partial charge is 0.481 e. The molecule has 2 rings (SSSR count). The Bertz CT molecular complexity index is 534. The maximum absolute atomic E-state index is 9.99. The van der Waals surface area contributed by atoms with Gasteiger partial charge in [0.15, 0.2) is 0 Å². The first-order valence-electron chi connectivity index (χ1n) is 7.10. The third-order valence-electron chi connectivity index (χ3n) is 2.58. The minimum atomic E-state index is -0.886. The molecule has 4 N–H and O–H groups in total. The Morgan fingerprint density at radius 3 is 1.08 bits per heavy atom. The summed E-state index contributed by atoms with van der Waals surface area (Å²) < 4.78 is 0. The zero-order valence-electron chi connectivity index (χ0n) is 13.5. The van der Waals surface area contributed by atoms with Gasteiger partial charge in [0.2, 0.25) is 0 Å². The van der Waals surface area contributed by atoms with Crippen molar-refractivity contribution in [3.8, 4) is 0 Å². The van der Waals surface area contributed by atoms with Gasteiger partial charge in [-0.3, -0.25) is 9.59 Å². The molecule has 2 aromatic carbocycles. The third-order valence-corrected chi connectivity index (χ3v) is 2.58. The number of aliphatic hydroxyl groups excluding tert-OH is 2. The van der Waals surface area contributed by atoms with E-state index < -0.39 is 24.1 Å². The second kappa shape index (κ2) is 11.8. The molecular formula is C18H22O6. The summed E-state index contributed by atoms with van der Waals surface area (Å²) in [5, 5.41) is 34.8. The molecule has 6 nitrogen and oxygen atoms in total. The third kappa shape index (κ3) is 10.1. The van der Waals surface area contributed by atoms with Crippen LogP contribution in [0.25, 0.3) is 0 Å². The predicted molar refractivity (Wildman–Crippen MR) is 89.4 cm³/mol. The van der Waals surface area contributed by atoms with Gasteiger partial charge in [0.05, 0.1) is 0 Å². The number of hydrogen-bond acceptors (Lipinski definition) is 4. The lowest BCUT2D eigenvalue weighted by Crippen LogP contribution is -2.09. The molecule has 0 fully saturated rings. The highest BCUT2D eigenvalue weighted by atomic mass is 16.4. The van der Waals surface area contributed by atoms with E-state index in [1.807, 2.05) is 36.4 Å². The Morgan fingerprint density at radius 2 is 0.875 bits per heavy atom. The molecule has 0 aliphatic carbocycles. The fourth-order valence-electron chi connectivity index (χ4n) is 1.67. The summed E-state index contributed by atoms with van der Waals surface area (Å²) in [6.45, 7) is 2.17. The summed E-state index contributed by atoms with van der Waals surface area (Å²) in [4.78, 5) is 18.0. The van der Waals surface area contributed by atoms with Crippen molar-refractivity contribution < 1.29 is 30.0 Å². The number of hydrogen-bond donors (Lipinski definition) is 4. The lowest BCUT2D eigenvalue weighted by atomic mass is 9.99. The van der Waals surface area contributed by atoms with E-state index in [2.05, 4.69) is 0 Å². The Kier molecular flexibility index (Phi) is 10.5. The first-order valence-corrected chi connectivity index (χ1v) is 7.10. The van der Waals surface area contributed by atoms with Gasteiger partial charge in [0.1, 0.15) is 12.2 Å². The summed E-state index contributed by atoms with van der Waals surface area (Å²) >= 11 is 0. The second-order valence-corrected chi connectivity index (χ2v) is 4.75. The number of rotatable bonds is 3. The monoisotopic (exact) mass is 334 g/mol. The SMILES string of the molecule is CC(=O)O.CC(=O)O.OC(c1ccccc1)C(O)c1ccccc1. The van der Waals surface area contributed by atoms with Crippen LogP contribution in [0.4, 0.5) is 0 Å². The maximum atomic E-state index is 9.99. The second-order valence-electron chi connectivity index (χ2n) is 4.75. The lowest BCUT2D eigenvalue weighted by molar-refractivity contribution is -0.135. The van der Waals surface area contributed by atoms with Crippen molar-refractivity contribution in [1.29, 1.82) is 0 Å². The number of carboxylic acids is 2. The van der Waals surface area contributed by atoms with Gasteiger partial charge in [-0.15, -0.1) is 0 Å². The van der Waals surface area contributed by atoms with Crippen LogP contribution >= 0.6 is 0 Å². The van der Waals surface area contributed by atoms with Gasteiger partial charge in [0.25, 0.3) is 11.9 Å². The molecule has 0 aliphatic rings. The van der Waals surface area contributed by atoms with E-state index in [1.54, 1.807) is 24.3 Å². The minimum absolute atomic E-state index is 0.721. The normalized spacial score (nSPS) is 11.7. The van der Waals surface area contributed by atoms with Gasteiger partial charge in [-0.1, -0.05) is 60.7 Å². The molecule has 24 heavy (non-hydrogen) atoms. The number of aliphatic hydroxyl groups is 2. The molecule has 0 bridgehead atoms. The van der Waals surface area contributed by atoms with E-state index in [0.717, 1.165) is 25.0 Å². The maximum Gasteiger partial charge on any atom is 0.300 e. The van der Waals surface area contributed by atoms with Crippen molar-refractivity contribution in [2.24, 2.45) is 0 Å². The molecule has 2 atom stereocenters. The van der Waals surface area contributed by atoms with Crippen LogP contribution in [0.15, 0.2) is 60.7 Å². The smallest absolute Gasteiger partial charge is 0.300 e. The van der Waals surface area contributed by atoms with Crippen LogP contribution in [0.1, 0.15) is 37.2 Å². The van der Waals surface area contributed by atoms with E-state index in [-0.39, 0.29) is 0 Å². The molecule has 6 heteroatoms. The topological polar surface area (TPSA) is 115 Å². The fourth-order valence-corrected chi connectivity index (χ4v) is 1.67. The highest BCUT2D eigenvalue weighted by Crippen LogP contribution is 2.27. The Labute approximate surface area is 140 Å². The van der Waals surface area contributed by atoms with E-state index in [9.17, 15) is 10.2 Å². The highest BCUT2D eigenvalue weighted by Gasteiger charge is 2.19. The first kappa shape index (κ1) is 21.3. The predicted octanol–water partition coefficient (Wildman–Crippen LogP) is 2.64. The number of aliphatic carboxylic acids is 2. The lowest BCUT2D eigenvalue weighted by Gasteiger charge is -2.18. The molecule has 0 radical (unpaired) electrons. The van der Waals surface area contributed by atoms with Gasteiger partial charge in [-0.2, -0.15) is 0 Å².